The van der Waals surface area contributed by atoms with E-state index in [1.165, 1.54) is 0 Å². The van der Waals surface area contributed by atoms with E-state index in [9.17, 15) is 9.90 Å². The van der Waals surface area contributed by atoms with E-state index >= 15 is 0 Å². The first kappa shape index (κ1) is 21.3. The summed E-state index contributed by atoms with van der Waals surface area (Å²) in [6, 6.07) is 15.0. The second kappa shape index (κ2) is 9.42. The number of hydrogen-bond acceptors (Lipinski definition) is 4. The van der Waals surface area contributed by atoms with Crippen LogP contribution in [0.4, 0.5) is 0 Å². The summed E-state index contributed by atoms with van der Waals surface area (Å²) in [5, 5.41) is 14.8. The van der Waals surface area contributed by atoms with E-state index in [1.807, 2.05) is 31.2 Å². The molecule has 0 aromatic heterocycles. The molecule has 2 unspecified atom stereocenters. The van der Waals surface area contributed by atoms with Gasteiger partial charge in [0, 0.05) is 11.4 Å². The Hall–Kier alpha value is -2.37. The van der Waals surface area contributed by atoms with Crippen LogP contribution in [0.3, 0.4) is 0 Å². The van der Waals surface area contributed by atoms with E-state index in [4.69, 9.17) is 21.2 Å². The van der Waals surface area contributed by atoms with Gasteiger partial charge < -0.3 is 14.7 Å². The molecule has 6 heteroatoms. The van der Waals surface area contributed by atoms with Crippen LogP contribution in [0.25, 0.3) is 0 Å². The molecule has 0 bridgehead atoms. The molecule has 0 radical (unpaired) electrons. The highest BCUT2D eigenvalue weighted by atomic mass is 35.5. The Bertz CT molecular complexity index is 863. The van der Waals surface area contributed by atoms with Gasteiger partial charge >= 0.3 is 5.97 Å². The Kier molecular flexibility index (Phi) is 6.93. The molecule has 3 rings (SSSR count). The van der Waals surface area contributed by atoms with Crippen molar-refractivity contribution in [3.8, 4) is 0 Å². The third kappa shape index (κ3) is 4.98. The van der Waals surface area contributed by atoms with Gasteiger partial charge in [0.05, 0.1) is 12.3 Å². The van der Waals surface area contributed by atoms with E-state index in [0.29, 0.717) is 10.6 Å². The van der Waals surface area contributed by atoms with Crippen LogP contribution < -0.4 is 0 Å². The smallest absolute Gasteiger partial charge is 0.354 e. The number of benzene rings is 2. The van der Waals surface area contributed by atoms with Gasteiger partial charge in [0.2, 0.25) is 0 Å². The number of halogens is 1. The minimum atomic E-state index is -1.60. The summed E-state index contributed by atoms with van der Waals surface area (Å²) in [6.07, 6.45) is 2.03. The van der Waals surface area contributed by atoms with Crippen molar-refractivity contribution in [3.63, 3.8) is 0 Å². The number of nitrogens with zero attached hydrogens (tertiary/aromatic N) is 1. The van der Waals surface area contributed by atoms with Crippen LogP contribution in [0.5, 0.6) is 0 Å². The zero-order chi connectivity index (χ0) is 20.9. The summed E-state index contributed by atoms with van der Waals surface area (Å²) in [5.41, 5.74) is 1.96. The summed E-state index contributed by atoms with van der Waals surface area (Å²) in [7, 11) is 0. The summed E-state index contributed by atoms with van der Waals surface area (Å²) in [4.78, 5) is 18.0. The number of aryl methyl sites for hydroxylation is 1. The molecule has 2 aromatic rings. The first-order chi connectivity index (χ1) is 13.9. The molecule has 29 heavy (non-hydrogen) atoms. The standard InChI is InChI=1S/C23H26ClNO4/c1-3-4-5-20-14-23(22(26)27,29-25-20)21(18-10-12-19(24)13-11-18)28-15-17-8-6-16(2)7-9-17/h6-13,21H,3-5,14-15H2,1-2H3,(H,26,27). The lowest BCUT2D eigenvalue weighted by molar-refractivity contribution is -0.187. The van der Waals surface area contributed by atoms with Crippen molar-refractivity contribution >= 4 is 23.3 Å². The zero-order valence-corrected chi connectivity index (χ0v) is 17.5. The Morgan fingerprint density at radius 1 is 1.24 bits per heavy atom. The first-order valence-electron chi connectivity index (χ1n) is 9.84. The van der Waals surface area contributed by atoms with Crippen LogP contribution in [0.2, 0.25) is 5.02 Å². The van der Waals surface area contributed by atoms with Gasteiger partial charge in [-0.2, -0.15) is 0 Å². The summed E-state index contributed by atoms with van der Waals surface area (Å²) >= 11 is 6.03. The number of carboxylic acids is 1. The van der Waals surface area contributed by atoms with Gasteiger partial charge in [-0.25, -0.2) is 4.79 Å². The number of unbranched alkanes of at least 4 members (excludes halogenated alkanes) is 1. The van der Waals surface area contributed by atoms with E-state index in [-0.39, 0.29) is 13.0 Å². The SMILES string of the molecule is CCCCC1=NOC(C(=O)O)(C(OCc2ccc(C)cc2)c2ccc(Cl)cc2)C1. The van der Waals surface area contributed by atoms with Gasteiger partial charge in [0.25, 0.3) is 5.60 Å². The molecule has 1 heterocycles. The van der Waals surface area contributed by atoms with Gasteiger partial charge in [-0.1, -0.05) is 72.1 Å². The predicted octanol–water partition coefficient (Wildman–Crippen LogP) is 5.70. The molecule has 1 aliphatic rings. The Morgan fingerprint density at radius 3 is 2.55 bits per heavy atom. The van der Waals surface area contributed by atoms with Gasteiger partial charge in [0.15, 0.2) is 0 Å². The molecule has 2 atom stereocenters. The van der Waals surface area contributed by atoms with Crippen LogP contribution in [0.15, 0.2) is 53.7 Å². The van der Waals surface area contributed by atoms with Gasteiger partial charge in [-0.15, -0.1) is 0 Å². The van der Waals surface area contributed by atoms with E-state index in [0.717, 1.165) is 36.1 Å². The second-order valence-corrected chi connectivity index (χ2v) is 7.89. The van der Waals surface area contributed by atoms with E-state index in [2.05, 4.69) is 12.1 Å². The van der Waals surface area contributed by atoms with Crippen molar-refractivity contribution in [3.05, 3.63) is 70.2 Å². The summed E-state index contributed by atoms with van der Waals surface area (Å²) in [6.45, 7) is 4.36. The number of oxime groups is 1. The molecule has 2 aromatic carbocycles. The van der Waals surface area contributed by atoms with E-state index < -0.39 is 17.7 Å². The maximum absolute atomic E-state index is 12.4. The fraction of sp³-hybridized carbons (Fsp3) is 0.391. The minimum absolute atomic E-state index is 0.198. The minimum Gasteiger partial charge on any atom is -0.478 e. The summed E-state index contributed by atoms with van der Waals surface area (Å²) in [5.74, 6) is -1.09. The second-order valence-electron chi connectivity index (χ2n) is 7.45. The normalized spacial score (nSPS) is 19.5. The third-order valence-corrected chi connectivity index (χ3v) is 5.37. The maximum Gasteiger partial charge on any atom is 0.354 e. The monoisotopic (exact) mass is 415 g/mol. The molecule has 0 amide bonds. The molecule has 0 saturated heterocycles. The number of aliphatic carboxylic acids is 1. The molecular formula is C23H26ClNO4. The van der Waals surface area contributed by atoms with Crippen LogP contribution in [0.1, 0.15) is 55.4 Å². The van der Waals surface area contributed by atoms with Crippen molar-refractivity contribution in [1.29, 1.82) is 0 Å². The van der Waals surface area contributed by atoms with Gasteiger partial charge in [0.1, 0.15) is 6.10 Å². The number of rotatable bonds is 9. The average molecular weight is 416 g/mol. The number of carboxylic acid groups (broad SMARTS) is 1. The Morgan fingerprint density at radius 2 is 1.93 bits per heavy atom. The summed E-state index contributed by atoms with van der Waals surface area (Å²) < 4.78 is 6.17. The maximum atomic E-state index is 12.4. The fourth-order valence-corrected chi connectivity index (χ4v) is 3.52. The lowest BCUT2D eigenvalue weighted by atomic mass is 9.85. The molecule has 0 saturated carbocycles. The largest absolute Gasteiger partial charge is 0.478 e. The average Bonchev–Trinajstić information content (AvgIpc) is 3.15. The molecule has 154 valence electrons. The molecular weight excluding hydrogens is 390 g/mol. The lowest BCUT2D eigenvalue weighted by Crippen LogP contribution is -2.46. The molecule has 0 spiro atoms. The van der Waals surface area contributed by atoms with Crippen molar-refractivity contribution in [2.45, 2.75) is 57.8 Å². The van der Waals surface area contributed by atoms with Crippen LogP contribution in [-0.2, 0) is 21.0 Å². The quantitative estimate of drug-likeness (QED) is 0.570. The van der Waals surface area contributed by atoms with Gasteiger partial charge in [-0.3, -0.25) is 0 Å². The predicted molar refractivity (Wildman–Crippen MR) is 113 cm³/mol. The molecule has 0 aliphatic carbocycles. The lowest BCUT2D eigenvalue weighted by Gasteiger charge is -2.31. The zero-order valence-electron chi connectivity index (χ0n) is 16.7. The Balaban J connectivity index is 1.89. The van der Waals surface area contributed by atoms with Crippen LogP contribution in [-0.4, -0.2) is 22.4 Å². The molecule has 0 fully saturated rings. The first-order valence-corrected chi connectivity index (χ1v) is 10.2. The van der Waals surface area contributed by atoms with Crippen molar-refractivity contribution < 1.29 is 19.5 Å². The number of hydrogen-bond donors (Lipinski definition) is 1. The molecule has 1 aliphatic heterocycles. The molecule has 5 nitrogen and oxygen atoms in total. The highest BCUT2D eigenvalue weighted by molar-refractivity contribution is 6.30. The number of ether oxygens (including phenoxy) is 1. The van der Waals surface area contributed by atoms with Crippen LogP contribution in [0, 0.1) is 6.92 Å². The molecule has 1 N–H and O–H groups in total. The number of carbonyl (C=O) groups is 1. The Labute approximate surface area is 176 Å². The highest BCUT2D eigenvalue weighted by Crippen LogP contribution is 2.41. The van der Waals surface area contributed by atoms with E-state index in [1.54, 1.807) is 24.3 Å². The van der Waals surface area contributed by atoms with Crippen molar-refractivity contribution in [2.75, 3.05) is 0 Å². The topological polar surface area (TPSA) is 68.1 Å². The van der Waals surface area contributed by atoms with Crippen molar-refractivity contribution in [1.82, 2.24) is 0 Å². The highest BCUT2D eigenvalue weighted by Gasteiger charge is 2.54. The van der Waals surface area contributed by atoms with Crippen LogP contribution >= 0.6 is 11.6 Å². The third-order valence-electron chi connectivity index (χ3n) is 5.12. The fourth-order valence-electron chi connectivity index (χ4n) is 3.40. The van der Waals surface area contributed by atoms with Crippen molar-refractivity contribution in [2.24, 2.45) is 5.16 Å². The van der Waals surface area contributed by atoms with Gasteiger partial charge in [-0.05, 0) is 43.0 Å².